The van der Waals surface area contributed by atoms with E-state index in [-0.39, 0.29) is 36.3 Å². The fourth-order valence-electron chi connectivity index (χ4n) is 3.12. The van der Waals surface area contributed by atoms with Gasteiger partial charge in [0.25, 0.3) is 11.5 Å². The number of ether oxygens (including phenoxy) is 1. The number of hydrogen-bond donors (Lipinski definition) is 4. The highest BCUT2D eigenvalue weighted by atomic mass is 19.1. The van der Waals surface area contributed by atoms with Crippen LogP contribution in [0, 0.1) is 5.82 Å². The SMILES string of the molecule is COCCNC(=O)c1c(O)c2nc(CC(=O)O)c(Cc3ccc(F)cc3)cc2[nH]c1=O. The number of carboxylic acid groups (broad SMARTS) is 1. The van der Waals surface area contributed by atoms with Gasteiger partial charge in [0.05, 0.1) is 24.2 Å². The van der Waals surface area contributed by atoms with Crippen molar-refractivity contribution >= 4 is 22.9 Å². The van der Waals surface area contributed by atoms with Crippen molar-refractivity contribution in [1.82, 2.24) is 15.3 Å². The number of hydrogen-bond acceptors (Lipinski definition) is 6. The highest BCUT2D eigenvalue weighted by molar-refractivity contribution is 6.01. The van der Waals surface area contributed by atoms with Crippen LogP contribution in [0.25, 0.3) is 11.0 Å². The molecule has 0 aliphatic rings. The van der Waals surface area contributed by atoms with Crippen LogP contribution in [0.1, 0.15) is 27.2 Å². The average Bonchev–Trinajstić information content (AvgIpc) is 2.70. The van der Waals surface area contributed by atoms with Crippen LogP contribution in [0.15, 0.2) is 35.1 Å². The topological polar surface area (TPSA) is 142 Å². The van der Waals surface area contributed by atoms with Crippen LogP contribution in [0.3, 0.4) is 0 Å². The molecule has 0 saturated heterocycles. The van der Waals surface area contributed by atoms with Gasteiger partial charge < -0.3 is 25.3 Å². The van der Waals surface area contributed by atoms with Crippen molar-refractivity contribution in [3.8, 4) is 5.75 Å². The second kappa shape index (κ2) is 9.35. The lowest BCUT2D eigenvalue weighted by molar-refractivity contribution is -0.136. The first kappa shape index (κ1) is 21.9. The molecule has 1 aromatic carbocycles. The summed E-state index contributed by atoms with van der Waals surface area (Å²) >= 11 is 0. The Balaban J connectivity index is 2.09. The molecule has 9 nitrogen and oxygen atoms in total. The quantitative estimate of drug-likeness (QED) is 0.396. The number of carbonyl (C=O) groups excluding carboxylic acids is 1. The fourth-order valence-corrected chi connectivity index (χ4v) is 3.12. The van der Waals surface area contributed by atoms with E-state index in [2.05, 4.69) is 15.3 Å². The molecule has 4 N–H and O–H groups in total. The lowest BCUT2D eigenvalue weighted by Gasteiger charge is -2.12. The third-order valence-electron chi connectivity index (χ3n) is 4.57. The number of aromatic hydroxyl groups is 1. The van der Waals surface area contributed by atoms with Crippen molar-refractivity contribution in [2.75, 3.05) is 20.3 Å². The van der Waals surface area contributed by atoms with E-state index in [0.717, 1.165) is 0 Å². The second-order valence-electron chi connectivity index (χ2n) is 6.79. The van der Waals surface area contributed by atoms with Gasteiger partial charge in [-0.1, -0.05) is 12.1 Å². The summed E-state index contributed by atoms with van der Waals surface area (Å²) in [6.07, 6.45) is -0.214. The van der Waals surface area contributed by atoms with Gasteiger partial charge in [0.15, 0.2) is 5.75 Å². The minimum atomic E-state index is -1.14. The number of aromatic amines is 1. The predicted octanol–water partition coefficient (Wildman–Crippen LogP) is 1.36. The molecule has 2 aromatic heterocycles. The van der Waals surface area contributed by atoms with Crippen molar-refractivity contribution in [3.63, 3.8) is 0 Å². The van der Waals surface area contributed by atoms with Crippen LogP contribution >= 0.6 is 0 Å². The number of benzene rings is 1. The summed E-state index contributed by atoms with van der Waals surface area (Å²) in [5.41, 5.74) is 0.0306. The zero-order valence-electron chi connectivity index (χ0n) is 16.6. The molecular formula is C21H20FN3O6. The molecule has 0 radical (unpaired) electrons. The Hall–Kier alpha value is -3.79. The number of aliphatic carboxylic acids is 1. The van der Waals surface area contributed by atoms with Crippen LogP contribution in [0.5, 0.6) is 5.75 Å². The molecule has 2 heterocycles. The summed E-state index contributed by atoms with van der Waals surface area (Å²) in [5.74, 6) is -3.01. The molecule has 0 spiro atoms. The Morgan fingerprint density at radius 3 is 2.61 bits per heavy atom. The molecule has 1 amide bonds. The Labute approximate surface area is 175 Å². The largest absolute Gasteiger partial charge is 0.505 e. The summed E-state index contributed by atoms with van der Waals surface area (Å²) in [4.78, 5) is 42.8. The van der Waals surface area contributed by atoms with Crippen molar-refractivity contribution in [2.24, 2.45) is 0 Å². The number of carbonyl (C=O) groups is 2. The van der Waals surface area contributed by atoms with Gasteiger partial charge in [-0.05, 0) is 35.7 Å². The van der Waals surface area contributed by atoms with Gasteiger partial charge in [-0.3, -0.25) is 14.4 Å². The molecule has 0 aliphatic carbocycles. The Bertz CT molecular complexity index is 1190. The maximum absolute atomic E-state index is 13.2. The number of methoxy groups -OCH3 is 1. The molecule has 3 aromatic rings. The van der Waals surface area contributed by atoms with Crippen LogP contribution < -0.4 is 10.9 Å². The normalized spacial score (nSPS) is 10.9. The van der Waals surface area contributed by atoms with Gasteiger partial charge in [-0.2, -0.15) is 0 Å². The Morgan fingerprint density at radius 2 is 1.97 bits per heavy atom. The number of amides is 1. The number of nitrogens with one attached hydrogen (secondary N) is 2. The molecule has 31 heavy (non-hydrogen) atoms. The van der Waals surface area contributed by atoms with E-state index in [9.17, 15) is 29.0 Å². The zero-order chi connectivity index (χ0) is 22.5. The Kier molecular flexibility index (Phi) is 6.61. The molecular weight excluding hydrogens is 409 g/mol. The van der Waals surface area contributed by atoms with Crippen LogP contribution in [-0.4, -0.2) is 52.3 Å². The van der Waals surface area contributed by atoms with Crippen molar-refractivity contribution in [2.45, 2.75) is 12.8 Å². The van der Waals surface area contributed by atoms with E-state index in [1.54, 1.807) is 12.1 Å². The van der Waals surface area contributed by atoms with E-state index in [1.807, 2.05) is 0 Å². The van der Waals surface area contributed by atoms with Gasteiger partial charge in [0, 0.05) is 13.7 Å². The van der Waals surface area contributed by atoms with Crippen LogP contribution in [0.4, 0.5) is 4.39 Å². The first-order valence-corrected chi connectivity index (χ1v) is 9.31. The predicted molar refractivity (Wildman–Crippen MR) is 109 cm³/mol. The van der Waals surface area contributed by atoms with E-state index >= 15 is 0 Å². The van der Waals surface area contributed by atoms with Crippen molar-refractivity contribution in [1.29, 1.82) is 0 Å². The summed E-state index contributed by atoms with van der Waals surface area (Å²) in [6.45, 7) is 0.340. The summed E-state index contributed by atoms with van der Waals surface area (Å²) in [6, 6.07) is 7.17. The number of nitrogens with zero attached hydrogens (tertiary/aromatic N) is 1. The third kappa shape index (κ3) is 5.04. The number of halogens is 1. The third-order valence-corrected chi connectivity index (χ3v) is 4.57. The average molecular weight is 429 g/mol. The lowest BCUT2D eigenvalue weighted by Crippen LogP contribution is -2.32. The maximum Gasteiger partial charge on any atom is 0.309 e. The molecule has 0 unspecified atom stereocenters. The van der Waals surface area contributed by atoms with Gasteiger partial charge in [-0.25, -0.2) is 9.37 Å². The minimum Gasteiger partial charge on any atom is -0.505 e. The highest BCUT2D eigenvalue weighted by Gasteiger charge is 2.22. The number of aromatic nitrogens is 2. The number of rotatable bonds is 8. The maximum atomic E-state index is 13.2. The standard InChI is InChI=1S/C21H20FN3O6/c1-31-7-6-23-20(29)17-19(28)18-15(25-21(17)30)9-12(14(24-18)10-16(26)27)8-11-2-4-13(22)5-3-11/h2-5,9H,6-8,10H2,1H3,(H,23,29)(H,26,27)(H2,25,28,30). The fraction of sp³-hybridized carbons (Fsp3) is 0.238. The van der Waals surface area contributed by atoms with E-state index in [1.165, 1.54) is 25.3 Å². The zero-order valence-corrected chi connectivity index (χ0v) is 16.6. The number of carboxylic acids is 1. The Morgan fingerprint density at radius 1 is 1.26 bits per heavy atom. The van der Waals surface area contributed by atoms with Gasteiger partial charge in [-0.15, -0.1) is 0 Å². The first-order valence-electron chi connectivity index (χ1n) is 9.31. The highest BCUT2D eigenvalue weighted by Crippen LogP contribution is 2.26. The molecule has 3 rings (SSSR count). The molecule has 0 atom stereocenters. The molecule has 0 fully saturated rings. The molecule has 162 valence electrons. The number of pyridine rings is 2. The van der Waals surface area contributed by atoms with Gasteiger partial charge in [0.1, 0.15) is 16.9 Å². The number of fused-ring (bicyclic) bond motifs is 1. The monoisotopic (exact) mass is 429 g/mol. The molecule has 0 bridgehead atoms. The summed E-state index contributed by atoms with van der Waals surface area (Å²) < 4.78 is 18.0. The summed E-state index contributed by atoms with van der Waals surface area (Å²) in [7, 11) is 1.45. The van der Waals surface area contributed by atoms with Crippen LogP contribution in [-0.2, 0) is 22.4 Å². The van der Waals surface area contributed by atoms with E-state index in [0.29, 0.717) is 11.1 Å². The molecule has 0 aliphatic heterocycles. The van der Waals surface area contributed by atoms with E-state index in [4.69, 9.17) is 4.74 Å². The van der Waals surface area contributed by atoms with Crippen LogP contribution in [0.2, 0.25) is 0 Å². The first-order chi connectivity index (χ1) is 14.8. The minimum absolute atomic E-state index is 0.101. The van der Waals surface area contributed by atoms with Gasteiger partial charge in [0.2, 0.25) is 0 Å². The van der Waals surface area contributed by atoms with Gasteiger partial charge >= 0.3 is 5.97 Å². The van der Waals surface area contributed by atoms with Crippen molar-refractivity contribution in [3.05, 3.63) is 68.9 Å². The second-order valence-corrected chi connectivity index (χ2v) is 6.79. The smallest absolute Gasteiger partial charge is 0.309 e. The van der Waals surface area contributed by atoms with Crippen molar-refractivity contribution < 1.29 is 28.9 Å². The molecule has 10 heteroatoms. The lowest BCUT2D eigenvalue weighted by atomic mass is 10.0. The van der Waals surface area contributed by atoms with E-state index < -0.39 is 41.0 Å². The number of H-pyrrole nitrogens is 1. The molecule has 0 saturated carbocycles. The summed E-state index contributed by atoms with van der Waals surface area (Å²) in [5, 5.41) is 22.3.